The van der Waals surface area contributed by atoms with Crippen LogP contribution >= 0.6 is 0 Å². The highest BCUT2D eigenvalue weighted by Gasteiger charge is 2.15. The van der Waals surface area contributed by atoms with E-state index in [2.05, 4.69) is 22.0 Å². The molecule has 0 bridgehead atoms. The molecule has 1 heterocycles. The van der Waals surface area contributed by atoms with Crippen LogP contribution in [0, 0.1) is 0 Å². The van der Waals surface area contributed by atoms with Gasteiger partial charge in [0.25, 0.3) is 0 Å². The van der Waals surface area contributed by atoms with Gasteiger partial charge in [-0.2, -0.15) is 5.10 Å². The highest BCUT2D eigenvalue weighted by molar-refractivity contribution is 5.75. The molecule has 0 N–H and O–H groups in total. The van der Waals surface area contributed by atoms with E-state index in [1.807, 2.05) is 0 Å². The lowest BCUT2D eigenvalue weighted by atomic mass is 9.96. The second-order valence-corrected chi connectivity index (χ2v) is 5.13. The Morgan fingerprint density at radius 3 is 2.88 bits per heavy atom. The summed E-state index contributed by atoms with van der Waals surface area (Å²) in [6, 6.07) is 2.72. The van der Waals surface area contributed by atoms with E-state index in [9.17, 15) is 4.79 Å². The second-order valence-electron chi connectivity index (χ2n) is 5.13. The van der Waals surface area contributed by atoms with Crippen LogP contribution in [0.1, 0.15) is 63.6 Å². The van der Waals surface area contributed by atoms with Crippen LogP contribution in [0.4, 0.5) is 0 Å². The fourth-order valence-electron chi connectivity index (χ4n) is 2.58. The molecule has 0 unspecified atom stereocenters. The Morgan fingerprint density at radius 2 is 2.18 bits per heavy atom. The predicted octanol–water partition coefficient (Wildman–Crippen LogP) is 3.30. The maximum atomic E-state index is 10.9. The van der Waals surface area contributed by atoms with Gasteiger partial charge in [0.05, 0.1) is 11.7 Å². The average Bonchev–Trinajstić information content (AvgIpc) is 2.78. The molecule has 0 aliphatic heterocycles. The molecule has 1 aromatic heterocycles. The third-order valence-corrected chi connectivity index (χ3v) is 3.57. The number of rotatable bonds is 5. The second kappa shape index (κ2) is 5.99. The van der Waals surface area contributed by atoms with E-state index in [1.165, 1.54) is 32.1 Å². The molecule has 0 radical (unpaired) electrons. The van der Waals surface area contributed by atoms with Gasteiger partial charge in [-0.1, -0.05) is 19.3 Å². The Balaban J connectivity index is 1.84. The van der Waals surface area contributed by atoms with E-state index in [4.69, 9.17) is 0 Å². The summed E-state index contributed by atoms with van der Waals surface area (Å²) in [6.07, 6.45) is 11.2. The number of hydrogen-bond donors (Lipinski definition) is 0. The van der Waals surface area contributed by atoms with Gasteiger partial charge in [-0.25, -0.2) is 0 Å². The normalized spacial score (nSPS) is 17.2. The van der Waals surface area contributed by atoms with Crippen LogP contribution in [0.2, 0.25) is 0 Å². The molecule has 0 aromatic carbocycles. The van der Waals surface area contributed by atoms with Gasteiger partial charge in [-0.3, -0.25) is 4.68 Å². The summed E-state index contributed by atoms with van der Waals surface area (Å²) in [5, 5.41) is 4.64. The van der Waals surface area contributed by atoms with Gasteiger partial charge in [0.15, 0.2) is 0 Å². The molecule has 17 heavy (non-hydrogen) atoms. The lowest BCUT2D eigenvalue weighted by Crippen LogP contribution is -2.13. The zero-order valence-electron chi connectivity index (χ0n) is 10.7. The van der Waals surface area contributed by atoms with Crippen molar-refractivity contribution in [1.29, 1.82) is 0 Å². The number of hydrogen-bond acceptors (Lipinski definition) is 2. The van der Waals surface area contributed by atoms with Crippen LogP contribution in [0.5, 0.6) is 0 Å². The molecule has 3 nitrogen and oxygen atoms in total. The van der Waals surface area contributed by atoms with Crippen LogP contribution in [0.25, 0.3) is 0 Å². The monoisotopic (exact) mass is 234 g/mol. The molecule has 3 heteroatoms. The topological polar surface area (TPSA) is 34.9 Å². The van der Waals surface area contributed by atoms with Crippen molar-refractivity contribution >= 4 is 5.78 Å². The van der Waals surface area contributed by atoms with Crippen molar-refractivity contribution in [2.45, 2.75) is 64.3 Å². The van der Waals surface area contributed by atoms with Gasteiger partial charge in [0, 0.05) is 12.6 Å². The van der Waals surface area contributed by atoms with E-state index >= 15 is 0 Å². The predicted molar refractivity (Wildman–Crippen MR) is 68.0 cm³/mol. The first-order valence-electron chi connectivity index (χ1n) is 6.79. The molecule has 0 spiro atoms. The Labute approximate surface area is 103 Å². The van der Waals surface area contributed by atoms with E-state index in [0.717, 1.165) is 18.5 Å². The summed E-state index contributed by atoms with van der Waals surface area (Å²) in [5.74, 6) is 0.275. The average molecular weight is 234 g/mol. The molecule has 1 fully saturated rings. The molecule has 2 rings (SSSR count). The van der Waals surface area contributed by atoms with Gasteiger partial charge in [0.1, 0.15) is 5.78 Å². The molecule has 0 amide bonds. The fraction of sp³-hybridized carbons (Fsp3) is 0.714. The number of aromatic nitrogens is 2. The van der Waals surface area contributed by atoms with Crippen LogP contribution in [0.3, 0.4) is 0 Å². The van der Waals surface area contributed by atoms with E-state index in [1.54, 1.807) is 6.92 Å². The standard InChI is InChI=1S/C14H22N2O/c1-12(17)6-5-7-13-10-11-16(15-13)14-8-3-2-4-9-14/h10-11,14H,2-9H2,1H3. The largest absolute Gasteiger partial charge is 0.300 e. The molecule has 1 saturated carbocycles. The SMILES string of the molecule is CC(=O)CCCc1ccn(C2CCCCC2)n1. The Morgan fingerprint density at radius 1 is 1.41 bits per heavy atom. The minimum absolute atomic E-state index is 0.275. The number of carbonyl (C=O) groups excluding carboxylic acids is 1. The van der Waals surface area contributed by atoms with Crippen molar-refractivity contribution in [3.05, 3.63) is 18.0 Å². The maximum Gasteiger partial charge on any atom is 0.129 e. The first-order valence-corrected chi connectivity index (χ1v) is 6.79. The summed E-state index contributed by atoms with van der Waals surface area (Å²) >= 11 is 0. The van der Waals surface area contributed by atoms with Crippen LogP contribution in [-0.2, 0) is 11.2 Å². The molecule has 94 valence electrons. The van der Waals surface area contributed by atoms with Gasteiger partial charge in [-0.05, 0) is 38.7 Å². The van der Waals surface area contributed by atoms with Crippen molar-refractivity contribution in [2.75, 3.05) is 0 Å². The molecule has 1 aliphatic carbocycles. The maximum absolute atomic E-state index is 10.9. The van der Waals surface area contributed by atoms with Crippen LogP contribution in [-0.4, -0.2) is 15.6 Å². The zero-order chi connectivity index (χ0) is 12.1. The summed E-state index contributed by atoms with van der Waals surface area (Å²) in [5.41, 5.74) is 1.14. The van der Waals surface area contributed by atoms with Crippen molar-refractivity contribution in [3.8, 4) is 0 Å². The number of carbonyl (C=O) groups is 1. The lowest BCUT2D eigenvalue weighted by molar-refractivity contribution is -0.117. The molecular formula is C14H22N2O. The highest BCUT2D eigenvalue weighted by atomic mass is 16.1. The number of ketones is 1. The lowest BCUT2D eigenvalue weighted by Gasteiger charge is -2.21. The zero-order valence-corrected chi connectivity index (χ0v) is 10.7. The Kier molecular flexibility index (Phi) is 4.35. The van der Waals surface area contributed by atoms with Crippen molar-refractivity contribution in [1.82, 2.24) is 9.78 Å². The summed E-state index contributed by atoms with van der Waals surface area (Å²) < 4.78 is 2.14. The molecule has 1 aromatic rings. The molecule has 1 aliphatic rings. The summed E-state index contributed by atoms with van der Waals surface area (Å²) in [4.78, 5) is 10.9. The number of aryl methyl sites for hydroxylation is 1. The first-order chi connectivity index (χ1) is 8.25. The molecule has 0 atom stereocenters. The van der Waals surface area contributed by atoms with Gasteiger partial charge >= 0.3 is 0 Å². The van der Waals surface area contributed by atoms with Crippen molar-refractivity contribution in [3.63, 3.8) is 0 Å². The first kappa shape index (κ1) is 12.3. The minimum Gasteiger partial charge on any atom is -0.300 e. The van der Waals surface area contributed by atoms with Gasteiger partial charge in [-0.15, -0.1) is 0 Å². The smallest absolute Gasteiger partial charge is 0.129 e. The molecular weight excluding hydrogens is 212 g/mol. The summed E-state index contributed by atoms with van der Waals surface area (Å²) in [6.45, 7) is 1.65. The number of Topliss-reactive ketones (excluding diaryl/α,β-unsaturated/α-hetero) is 1. The van der Waals surface area contributed by atoms with Crippen LogP contribution < -0.4 is 0 Å². The number of nitrogens with zero attached hydrogens (tertiary/aromatic N) is 2. The van der Waals surface area contributed by atoms with E-state index < -0.39 is 0 Å². The molecule has 0 saturated heterocycles. The summed E-state index contributed by atoms with van der Waals surface area (Å²) in [7, 11) is 0. The van der Waals surface area contributed by atoms with Crippen molar-refractivity contribution < 1.29 is 4.79 Å². The van der Waals surface area contributed by atoms with Crippen LogP contribution in [0.15, 0.2) is 12.3 Å². The third-order valence-electron chi connectivity index (χ3n) is 3.57. The van der Waals surface area contributed by atoms with Gasteiger partial charge in [0.2, 0.25) is 0 Å². The van der Waals surface area contributed by atoms with Gasteiger partial charge < -0.3 is 4.79 Å². The third kappa shape index (κ3) is 3.69. The van der Waals surface area contributed by atoms with E-state index in [0.29, 0.717) is 12.5 Å². The van der Waals surface area contributed by atoms with Crippen molar-refractivity contribution in [2.24, 2.45) is 0 Å². The quantitative estimate of drug-likeness (QED) is 0.783. The van der Waals surface area contributed by atoms with E-state index in [-0.39, 0.29) is 5.78 Å². The minimum atomic E-state index is 0.275. The fourth-order valence-corrected chi connectivity index (χ4v) is 2.58. The Hall–Kier alpha value is -1.12. The Bertz CT molecular complexity index is 364. The highest BCUT2D eigenvalue weighted by Crippen LogP contribution is 2.27.